The minimum absolute atomic E-state index is 0.0268. The first-order valence-electron chi connectivity index (χ1n) is 12.7. The van der Waals surface area contributed by atoms with Gasteiger partial charge in [-0.2, -0.15) is 0 Å². The molecule has 0 aliphatic heterocycles. The number of amides is 3. The van der Waals surface area contributed by atoms with Crippen LogP contribution < -0.4 is 21.7 Å². The summed E-state index contributed by atoms with van der Waals surface area (Å²) in [5, 5.41) is 18.4. The van der Waals surface area contributed by atoms with Gasteiger partial charge in [0, 0.05) is 3.92 Å². The van der Waals surface area contributed by atoms with Crippen molar-refractivity contribution in [3.63, 3.8) is 0 Å². The second-order valence-corrected chi connectivity index (χ2v) is 11.7. The standard InChI is InChI=1S/C28H37IN4O6/c1-17(2)25(35)24(27(37)31-21(15-34)14-18(3)29)32-26(36)23(22(30)20-12-8-5-9-13-20)33-28(38)39-16-19-10-6-4-7-11-19/h4-13,15,17-18,21-25,35H,14,16,30H2,1-3H3,(H,31,37)(H,32,36)(H,33,38)/t18?,21-,22+,23-,24-,25+/m0/s1. The highest BCUT2D eigenvalue weighted by Gasteiger charge is 2.36. The average molecular weight is 653 g/mol. The summed E-state index contributed by atoms with van der Waals surface area (Å²) in [6.45, 7) is 5.24. The van der Waals surface area contributed by atoms with Crippen LogP contribution in [0.25, 0.3) is 0 Å². The molecule has 2 rings (SSSR count). The number of ether oxygens (including phenoxy) is 1. The molecule has 2 aromatic carbocycles. The molecule has 0 heterocycles. The van der Waals surface area contributed by atoms with Crippen molar-refractivity contribution in [3.05, 3.63) is 71.8 Å². The zero-order valence-electron chi connectivity index (χ0n) is 22.3. The van der Waals surface area contributed by atoms with Crippen molar-refractivity contribution in [2.75, 3.05) is 0 Å². The number of hydrogen-bond donors (Lipinski definition) is 5. The Labute approximate surface area is 242 Å². The van der Waals surface area contributed by atoms with Crippen LogP contribution in [0.2, 0.25) is 0 Å². The fourth-order valence-corrected chi connectivity index (χ4v) is 4.33. The average Bonchev–Trinajstić information content (AvgIpc) is 2.92. The number of alkyl halides is 1. The van der Waals surface area contributed by atoms with Crippen molar-refractivity contribution in [1.82, 2.24) is 16.0 Å². The topological polar surface area (TPSA) is 160 Å². The number of aliphatic hydroxyl groups excluding tert-OH is 1. The fourth-order valence-electron chi connectivity index (χ4n) is 3.78. The molecule has 0 aromatic heterocycles. The van der Waals surface area contributed by atoms with Crippen molar-refractivity contribution in [2.24, 2.45) is 11.7 Å². The van der Waals surface area contributed by atoms with Crippen LogP contribution in [-0.4, -0.2) is 57.5 Å². The van der Waals surface area contributed by atoms with Gasteiger partial charge in [-0.15, -0.1) is 0 Å². The van der Waals surface area contributed by atoms with Gasteiger partial charge in [0.15, 0.2) is 0 Å². The lowest BCUT2D eigenvalue weighted by Gasteiger charge is -2.30. The zero-order chi connectivity index (χ0) is 28.9. The Kier molecular flexibility index (Phi) is 13.3. The van der Waals surface area contributed by atoms with E-state index >= 15 is 0 Å². The molecule has 2 aromatic rings. The highest BCUT2D eigenvalue weighted by Crippen LogP contribution is 2.16. The lowest BCUT2D eigenvalue weighted by atomic mass is 9.96. The Morgan fingerprint density at radius 1 is 0.923 bits per heavy atom. The van der Waals surface area contributed by atoms with E-state index in [1.165, 1.54) is 0 Å². The Balaban J connectivity index is 2.26. The minimum atomic E-state index is -1.41. The Hall–Kier alpha value is -3.03. The number of carbonyl (C=O) groups is 4. The van der Waals surface area contributed by atoms with Gasteiger partial charge in [-0.25, -0.2) is 4.79 Å². The first-order valence-corrected chi connectivity index (χ1v) is 13.9. The second kappa shape index (κ2) is 16.2. The summed E-state index contributed by atoms with van der Waals surface area (Å²) in [6, 6.07) is 13.1. The van der Waals surface area contributed by atoms with E-state index in [0.717, 1.165) is 5.56 Å². The summed E-state index contributed by atoms with van der Waals surface area (Å²) < 4.78 is 5.38. The van der Waals surface area contributed by atoms with Crippen molar-refractivity contribution in [2.45, 2.75) is 68.0 Å². The molecule has 6 N–H and O–H groups in total. The molecular weight excluding hydrogens is 615 g/mol. The van der Waals surface area contributed by atoms with Crippen LogP contribution in [0, 0.1) is 5.92 Å². The molecule has 0 aliphatic carbocycles. The third-order valence-electron chi connectivity index (χ3n) is 5.99. The molecule has 0 aliphatic rings. The monoisotopic (exact) mass is 652 g/mol. The fraction of sp³-hybridized carbons (Fsp3) is 0.429. The number of carbonyl (C=O) groups excluding carboxylic acids is 4. The Morgan fingerprint density at radius 2 is 1.49 bits per heavy atom. The van der Waals surface area contributed by atoms with E-state index in [1.807, 2.05) is 13.0 Å². The van der Waals surface area contributed by atoms with E-state index in [1.54, 1.807) is 68.4 Å². The van der Waals surface area contributed by atoms with Crippen LogP contribution in [0.5, 0.6) is 0 Å². The molecule has 0 saturated carbocycles. The number of halogens is 1. The van der Waals surface area contributed by atoms with Crippen molar-refractivity contribution in [3.8, 4) is 0 Å². The van der Waals surface area contributed by atoms with Crippen LogP contribution in [0.3, 0.4) is 0 Å². The maximum absolute atomic E-state index is 13.5. The second-order valence-electron chi connectivity index (χ2n) is 9.61. The first-order chi connectivity index (χ1) is 18.5. The highest BCUT2D eigenvalue weighted by atomic mass is 127. The largest absolute Gasteiger partial charge is 0.445 e. The molecule has 11 heteroatoms. The van der Waals surface area contributed by atoms with Gasteiger partial charge in [-0.3, -0.25) is 9.59 Å². The maximum Gasteiger partial charge on any atom is 0.408 e. The van der Waals surface area contributed by atoms with Gasteiger partial charge in [0.1, 0.15) is 25.0 Å². The summed E-state index contributed by atoms with van der Waals surface area (Å²) >= 11 is 2.14. The number of nitrogens with two attached hydrogens (primary N) is 1. The molecule has 10 nitrogen and oxygen atoms in total. The Morgan fingerprint density at radius 3 is 2.03 bits per heavy atom. The summed E-state index contributed by atoms with van der Waals surface area (Å²) in [7, 11) is 0. The molecule has 0 fully saturated rings. The molecule has 0 saturated heterocycles. The number of alkyl carbamates (subject to hydrolysis) is 1. The minimum Gasteiger partial charge on any atom is -0.445 e. The quantitative estimate of drug-likeness (QED) is 0.119. The van der Waals surface area contributed by atoms with Crippen LogP contribution in [0.4, 0.5) is 4.79 Å². The lowest BCUT2D eigenvalue weighted by molar-refractivity contribution is -0.134. The molecule has 6 atom stereocenters. The number of nitrogens with one attached hydrogen (secondary N) is 3. The van der Waals surface area contributed by atoms with E-state index < -0.39 is 54.1 Å². The summed E-state index contributed by atoms with van der Waals surface area (Å²) in [6.07, 6.45) is -1.17. The van der Waals surface area contributed by atoms with Gasteiger partial charge >= 0.3 is 6.09 Å². The van der Waals surface area contributed by atoms with E-state index in [-0.39, 0.29) is 10.5 Å². The van der Waals surface area contributed by atoms with Gasteiger partial charge < -0.3 is 36.3 Å². The smallest absolute Gasteiger partial charge is 0.408 e. The number of hydrogen-bond acceptors (Lipinski definition) is 7. The van der Waals surface area contributed by atoms with Gasteiger partial charge in [0.05, 0.1) is 18.2 Å². The first kappa shape index (κ1) is 32.2. The third kappa shape index (κ3) is 10.6. The summed E-state index contributed by atoms with van der Waals surface area (Å²) in [4.78, 5) is 50.8. The lowest BCUT2D eigenvalue weighted by Crippen LogP contribution is -2.61. The predicted octanol–water partition coefficient (Wildman–Crippen LogP) is 2.38. The van der Waals surface area contributed by atoms with Crippen LogP contribution >= 0.6 is 22.6 Å². The SMILES string of the molecule is CC(I)C[C@@H](C=O)NC(=O)[C@@H](NC(=O)[C@@H](NC(=O)OCc1ccccc1)[C@H](N)c1ccccc1)[C@H](O)C(C)C. The molecule has 39 heavy (non-hydrogen) atoms. The molecule has 1 unspecified atom stereocenters. The number of benzene rings is 2. The van der Waals surface area contributed by atoms with Crippen LogP contribution in [0.1, 0.15) is 44.4 Å². The number of rotatable bonds is 14. The van der Waals surface area contributed by atoms with Crippen LogP contribution in [-0.2, 0) is 25.7 Å². The summed E-state index contributed by atoms with van der Waals surface area (Å²) in [5.74, 6) is -1.94. The zero-order valence-corrected chi connectivity index (χ0v) is 24.4. The van der Waals surface area contributed by atoms with Gasteiger partial charge in [0.25, 0.3) is 0 Å². The Bertz CT molecular complexity index is 1070. The molecular formula is C28H37IN4O6. The maximum atomic E-state index is 13.5. The van der Waals surface area contributed by atoms with Crippen molar-refractivity contribution < 1.29 is 29.0 Å². The molecule has 0 bridgehead atoms. The summed E-state index contributed by atoms with van der Waals surface area (Å²) in [5.41, 5.74) is 7.71. The molecule has 0 radical (unpaired) electrons. The van der Waals surface area contributed by atoms with Crippen LogP contribution in [0.15, 0.2) is 60.7 Å². The van der Waals surface area contributed by atoms with Gasteiger partial charge in [0.2, 0.25) is 11.8 Å². The highest BCUT2D eigenvalue weighted by molar-refractivity contribution is 14.1. The van der Waals surface area contributed by atoms with E-state index in [2.05, 4.69) is 38.5 Å². The van der Waals surface area contributed by atoms with E-state index in [9.17, 15) is 24.3 Å². The van der Waals surface area contributed by atoms with Crippen molar-refractivity contribution >= 4 is 46.8 Å². The van der Waals surface area contributed by atoms with E-state index in [4.69, 9.17) is 10.5 Å². The number of aliphatic hydroxyl groups is 1. The molecule has 3 amide bonds. The molecule has 0 spiro atoms. The van der Waals surface area contributed by atoms with Crippen molar-refractivity contribution in [1.29, 1.82) is 0 Å². The number of aldehydes is 1. The predicted molar refractivity (Wildman–Crippen MR) is 156 cm³/mol. The third-order valence-corrected chi connectivity index (χ3v) is 6.50. The molecule has 212 valence electrons. The normalized spacial score (nSPS) is 15.7. The van der Waals surface area contributed by atoms with E-state index in [0.29, 0.717) is 18.3 Å². The van der Waals surface area contributed by atoms with Gasteiger partial charge in [-0.1, -0.05) is 104 Å². The van der Waals surface area contributed by atoms with Gasteiger partial charge in [-0.05, 0) is 23.5 Å².